The number of likely N-dealkylation sites (tertiary alicyclic amines) is 1. The van der Waals surface area contributed by atoms with Crippen molar-refractivity contribution in [3.05, 3.63) is 0 Å². The topological polar surface area (TPSA) is 60.4 Å². The molecule has 0 aliphatic carbocycles. The van der Waals surface area contributed by atoms with Crippen LogP contribution in [0.2, 0.25) is 0 Å². The number of carbonyl (C=O) groups is 1. The fraction of sp³-hybridized carbons (Fsp3) is 0.857. The van der Waals surface area contributed by atoms with E-state index in [9.17, 15) is 9.90 Å². The van der Waals surface area contributed by atoms with E-state index >= 15 is 0 Å². The SMILES string of the molecule is [O]CC1CCN(C(=O)CO)C1. The van der Waals surface area contributed by atoms with Gasteiger partial charge in [-0.1, -0.05) is 0 Å². The molecule has 63 valence electrons. The minimum atomic E-state index is -0.439. The third kappa shape index (κ3) is 1.91. The van der Waals surface area contributed by atoms with Gasteiger partial charge in [0.05, 0.1) is 6.61 Å². The average molecular weight is 158 g/mol. The molecule has 1 fully saturated rings. The Morgan fingerprint density at radius 2 is 2.36 bits per heavy atom. The fourth-order valence-corrected chi connectivity index (χ4v) is 1.30. The number of rotatable bonds is 2. The van der Waals surface area contributed by atoms with Crippen LogP contribution in [0.15, 0.2) is 0 Å². The van der Waals surface area contributed by atoms with Crippen LogP contribution in [0.5, 0.6) is 0 Å². The molecular formula is C7H12NO3. The molecule has 4 heteroatoms. The molecule has 0 aromatic rings. The van der Waals surface area contributed by atoms with Crippen molar-refractivity contribution >= 4 is 5.91 Å². The van der Waals surface area contributed by atoms with Gasteiger partial charge < -0.3 is 10.0 Å². The smallest absolute Gasteiger partial charge is 0.248 e. The molecule has 1 atom stereocenters. The molecular weight excluding hydrogens is 146 g/mol. The molecule has 1 amide bonds. The van der Waals surface area contributed by atoms with Crippen molar-refractivity contribution in [3.8, 4) is 0 Å². The Bertz CT molecular complexity index is 149. The Morgan fingerprint density at radius 3 is 2.82 bits per heavy atom. The summed E-state index contributed by atoms with van der Waals surface area (Å²) in [7, 11) is 0. The quantitative estimate of drug-likeness (QED) is 0.575. The number of aliphatic hydroxyl groups excluding tert-OH is 1. The fourth-order valence-electron chi connectivity index (χ4n) is 1.30. The molecule has 1 N–H and O–H groups in total. The number of hydrogen-bond acceptors (Lipinski definition) is 2. The zero-order chi connectivity index (χ0) is 8.27. The highest BCUT2D eigenvalue weighted by Crippen LogP contribution is 2.14. The summed E-state index contributed by atoms with van der Waals surface area (Å²) in [5.41, 5.74) is 0. The Hall–Kier alpha value is -0.610. The first kappa shape index (κ1) is 8.49. The minimum absolute atomic E-state index is 0.102. The molecule has 4 nitrogen and oxygen atoms in total. The van der Waals surface area contributed by atoms with Gasteiger partial charge in [-0.2, -0.15) is 0 Å². The summed E-state index contributed by atoms with van der Waals surface area (Å²) in [6.07, 6.45) is 0.787. The van der Waals surface area contributed by atoms with E-state index in [2.05, 4.69) is 0 Å². The second kappa shape index (κ2) is 3.69. The lowest BCUT2D eigenvalue weighted by molar-refractivity contribution is -0.133. The normalized spacial score (nSPS) is 24.2. The van der Waals surface area contributed by atoms with Crippen LogP contribution in [0.3, 0.4) is 0 Å². The maximum atomic E-state index is 10.8. The van der Waals surface area contributed by atoms with Crippen LogP contribution in [-0.2, 0) is 9.90 Å². The first-order valence-corrected chi connectivity index (χ1v) is 3.74. The molecule has 1 unspecified atom stereocenters. The number of hydrogen-bond donors (Lipinski definition) is 1. The maximum absolute atomic E-state index is 10.8. The minimum Gasteiger partial charge on any atom is -0.387 e. The van der Waals surface area contributed by atoms with Crippen molar-refractivity contribution in [2.75, 3.05) is 26.3 Å². The van der Waals surface area contributed by atoms with Gasteiger partial charge in [-0.3, -0.25) is 4.79 Å². The number of nitrogens with zero attached hydrogens (tertiary/aromatic N) is 1. The number of aliphatic hydroxyl groups is 1. The van der Waals surface area contributed by atoms with Crippen molar-refractivity contribution in [2.24, 2.45) is 5.92 Å². The van der Waals surface area contributed by atoms with E-state index < -0.39 is 6.61 Å². The van der Waals surface area contributed by atoms with E-state index in [0.29, 0.717) is 13.1 Å². The third-order valence-corrected chi connectivity index (χ3v) is 2.01. The summed E-state index contributed by atoms with van der Waals surface area (Å²) in [5, 5.41) is 18.9. The van der Waals surface area contributed by atoms with Crippen molar-refractivity contribution in [1.29, 1.82) is 0 Å². The van der Waals surface area contributed by atoms with Crippen LogP contribution >= 0.6 is 0 Å². The summed E-state index contributed by atoms with van der Waals surface area (Å²) in [5.74, 6) is -0.161. The molecule has 0 aromatic heterocycles. The van der Waals surface area contributed by atoms with Gasteiger partial charge in [0.2, 0.25) is 5.91 Å². The van der Waals surface area contributed by atoms with E-state index in [0.717, 1.165) is 6.42 Å². The molecule has 0 aromatic carbocycles. The van der Waals surface area contributed by atoms with Crippen LogP contribution in [0, 0.1) is 5.92 Å². The van der Waals surface area contributed by atoms with Crippen molar-refractivity contribution in [2.45, 2.75) is 6.42 Å². The maximum Gasteiger partial charge on any atom is 0.248 e. The Labute approximate surface area is 65.4 Å². The third-order valence-electron chi connectivity index (χ3n) is 2.01. The summed E-state index contributed by atoms with van der Waals surface area (Å²) in [6, 6.07) is 0. The van der Waals surface area contributed by atoms with Crippen LogP contribution in [0.25, 0.3) is 0 Å². The molecule has 11 heavy (non-hydrogen) atoms. The van der Waals surface area contributed by atoms with E-state index in [4.69, 9.17) is 5.11 Å². The van der Waals surface area contributed by atoms with Crippen molar-refractivity contribution in [1.82, 2.24) is 4.90 Å². The van der Waals surface area contributed by atoms with Gasteiger partial charge in [0.15, 0.2) is 0 Å². The summed E-state index contributed by atoms with van der Waals surface area (Å²) < 4.78 is 0. The predicted molar refractivity (Wildman–Crippen MR) is 37.3 cm³/mol. The monoisotopic (exact) mass is 158 g/mol. The van der Waals surface area contributed by atoms with E-state index in [1.807, 2.05) is 0 Å². The Balaban J connectivity index is 2.35. The molecule has 0 bridgehead atoms. The van der Waals surface area contributed by atoms with Gasteiger partial charge in [0, 0.05) is 19.0 Å². The summed E-state index contributed by atoms with van der Waals surface area (Å²) >= 11 is 0. The lowest BCUT2D eigenvalue weighted by Crippen LogP contribution is -2.31. The molecule has 0 spiro atoms. The first-order valence-electron chi connectivity index (χ1n) is 3.74. The van der Waals surface area contributed by atoms with E-state index in [1.165, 1.54) is 0 Å². The highest BCUT2D eigenvalue weighted by Gasteiger charge is 2.24. The largest absolute Gasteiger partial charge is 0.387 e. The van der Waals surface area contributed by atoms with E-state index in [1.54, 1.807) is 4.90 Å². The molecule has 0 saturated carbocycles. The second-order valence-corrected chi connectivity index (χ2v) is 2.82. The summed E-state index contributed by atoms with van der Waals surface area (Å²) in [4.78, 5) is 12.4. The number of carbonyl (C=O) groups excluding carboxylic acids is 1. The second-order valence-electron chi connectivity index (χ2n) is 2.82. The molecule has 1 radical (unpaired) electrons. The lowest BCUT2D eigenvalue weighted by Gasteiger charge is -2.13. The zero-order valence-corrected chi connectivity index (χ0v) is 6.32. The highest BCUT2D eigenvalue weighted by atomic mass is 16.3. The van der Waals surface area contributed by atoms with Gasteiger partial charge in [-0.15, -0.1) is 0 Å². The highest BCUT2D eigenvalue weighted by molar-refractivity contribution is 5.77. The van der Waals surface area contributed by atoms with Gasteiger partial charge in [-0.05, 0) is 6.42 Å². The van der Waals surface area contributed by atoms with Crippen molar-refractivity contribution in [3.63, 3.8) is 0 Å². The van der Waals surface area contributed by atoms with Crippen LogP contribution in [0.1, 0.15) is 6.42 Å². The van der Waals surface area contributed by atoms with E-state index in [-0.39, 0.29) is 18.4 Å². The van der Waals surface area contributed by atoms with Crippen LogP contribution in [0.4, 0.5) is 0 Å². The standard InChI is InChI=1S/C7H12NO3/c9-4-6-1-2-8(3-6)7(11)5-10/h6,10H,1-5H2. The predicted octanol–water partition coefficient (Wildman–Crippen LogP) is -0.742. The Kier molecular flexibility index (Phi) is 2.84. The van der Waals surface area contributed by atoms with Gasteiger partial charge >= 0.3 is 0 Å². The average Bonchev–Trinajstić information content (AvgIpc) is 2.50. The van der Waals surface area contributed by atoms with Crippen molar-refractivity contribution < 1.29 is 15.0 Å². The Morgan fingerprint density at radius 1 is 1.64 bits per heavy atom. The molecule has 1 aliphatic rings. The number of amides is 1. The van der Waals surface area contributed by atoms with Crippen LogP contribution < -0.4 is 0 Å². The molecule has 1 heterocycles. The molecule has 1 aliphatic heterocycles. The zero-order valence-electron chi connectivity index (χ0n) is 6.32. The van der Waals surface area contributed by atoms with Gasteiger partial charge in [0.1, 0.15) is 6.61 Å². The summed E-state index contributed by atoms with van der Waals surface area (Å²) in [6.45, 7) is 0.607. The molecule has 1 rings (SSSR count). The lowest BCUT2D eigenvalue weighted by atomic mass is 10.1. The van der Waals surface area contributed by atoms with Gasteiger partial charge in [-0.25, -0.2) is 5.11 Å². The molecule has 1 saturated heterocycles. The van der Waals surface area contributed by atoms with Gasteiger partial charge in [0.25, 0.3) is 0 Å². The first-order chi connectivity index (χ1) is 5.27. The van der Waals surface area contributed by atoms with Crippen LogP contribution in [-0.4, -0.2) is 42.2 Å².